The fraction of sp³-hybridized carbons (Fsp3) is 0.0909. The first kappa shape index (κ1) is 17.7. The Morgan fingerprint density at radius 2 is 1.82 bits per heavy atom. The quantitative estimate of drug-likeness (QED) is 0.572. The molecule has 0 aliphatic heterocycles. The minimum Gasteiger partial charge on any atom is -0.496 e. The molecule has 0 aliphatic carbocycles. The van der Waals surface area contributed by atoms with Crippen molar-refractivity contribution in [2.24, 2.45) is 0 Å². The Labute approximate surface area is 161 Å². The number of halogens is 1. The molecule has 0 aliphatic rings. The molecule has 6 heteroatoms. The van der Waals surface area contributed by atoms with Crippen LogP contribution in [-0.2, 0) is 6.54 Å². The highest BCUT2D eigenvalue weighted by Gasteiger charge is 2.19. The first-order valence-electron chi connectivity index (χ1n) is 8.80. The van der Waals surface area contributed by atoms with Crippen molar-refractivity contribution in [2.45, 2.75) is 6.54 Å². The van der Waals surface area contributed by atoms with Crippen molar-refractivity contribution >= 4 is 11.4 Å². The van der Waals surface area contributed by atoms with Gasteiger partial charge in [0.2, 0.25) is 5.82 Å². The van der Waals surface area contributed by atoms with Crippen molar-refractivity contribution < 1.29 is 13.9 Å². The molecule has 4 rings (SSSR count). The summed E-state index contributed by atoms with van der Waals surface area (Å²) in [5.41, 5.74) is 3.09. The van der Waals surface area contributed by atoms with Crippen LogP contribution in [0.2, 0.25) is 0 Å². The Kier molecular flexibility index (Phi) is 4.76. The predicted molar refractivity (Wildman–Crippen MR) is 105 cm³/mol. The minimum absolute atomic E-state index is 0.276. The molecular formula is C22H18FN3O2. The van der Waals surface area contributed by atoms with Crippen LogP contribution in [0, 0.1) is 5.82 Å². The molecule has 0 fully saturated rings. The number of amides is 1. The van der Waals surface area contributed by atoms with Gasteiger partial charge in [-0.1, -0.05) is 30.3 Å². The number of pyridine rings is 1. The second kappa shape index (κ2) is 7.52. The van der Waals surface area contributed by atoms with E-state index in [4.69, 9.17) is 4.74 Å². The molecular weight excluding hydrogens is 357 g/mol. The predicted octanol–water partition coefficient (Wildman–Crippen LogP) is 4.08. The summed E-state index contributed by atoms with van der Waals surface area (Å²) in [6.07, 6.45) is 1.80. The Hall–Kier alpha value is -3.67. The molecule has 0 saturated carbocycles. The summed E-state index contributed by atoms with van der Waals surface area (Å²) < 4.78 is 20.2. The number of benzene rings is 2. The zero-order chi connectivity index (χ0) is 19.5. The average Bonchev–Trinajstić information content (AvgIpc) is 3.13. The van der Waals surface area contributed by atoms with Crippen molar-refractivity contribution in [2.75, 3.05) is 7.11 Å². The molecule has 140 valence electrons. The van der Waals surface area contributed by atoms with E-state index in [1.54, 1.807) is 29.8 Å². The van der Waals surface area contributed by atoms with E-state index >= 15 is 0 Å². The number of nitrogens with one attached hydrogen (secondary N) is 1. The van der Waals surface area contributed by atoms with Crippen molar-refractivity contribution in [3.63, 3.8) is 0 Å². The summed E-state index contributed by atoms with van der Waals surface area (Å²) in [4.78, 5) is 17.4. The summed E-state index contributed by atoms with van der Waals surface area (Å²) in [6.45, 7) is 0.283. The van der Waals surface area contributed by atoms with E-state index in [1.807, 2.05) is 42.5 Å². The number of rotatable bonds is 5. The van der Waals surface area contributed by atoms with E-state index in [1.165, 1.54) is 12.1 Å². The van der Waals surface area contributed by atoms with Crippen LogP contribution in [-0.4, -0.2) is 22.4 Å². The molecule has 5 nitrogen and oxygen atoms in total. The summed E-state index contributed by atoms with van der Waals surface area (Å²) in [5.74, 6) is 0.339. The number of carbonyl (C=O) groups is 1. The topological polar surface area (TPSA) is 55.6 Å². The smallest absolute Gasteiger partial charge is 0.287 e. The first-order valence-corrected chi connectivity index (χ1v) is 8.80. The van der Waals surface area contributed by atoms with E-state index in [9.17, 15) is 9.18 Å². The van der Waals surface area contributed by atoms with Gasteiger partial charge in [-0.15, -0.1) is 0 Å². The first-order chi connectivity index (χ1) is 13.7. The van der Waals surface area contributed by atoms with Gasteiger partial charge in [0.15, 0.2) is 0 Å². The number of fused-ring (bicyclic) bond motifs is 1. The van der Waals surface area contributed by atoms with Crippen LogP contribution in [0.5, 0.6) is 5.75 Å². The van der Waals surface area contributed by atoms with Crippen LogP contribution in [0.4, 0.5) is 4.39 Å². The minimum atomic E-state index is -0.313. The van der Waals surface area contributed by atoms with E-state index in [0.717, 1.165) is 16.6 Å². The molecule has 1 amide bonds. The lowest BCUT2D eigenvalue weighted by Crippen LogP contribution is -2.25. The van der Waals surface area contributed by atoms with Crippen molar-refractivity contribution in [3.05, 3.63) is 90.1 Å². The number of carbonyl (C=O) groups excluding carboxylic acids is 1. The third kappa shape index (κ3) is 3.32. The molecule has 2 aromatic carbocycles. The largest absolute Gasteiger partial charge is 0.496 e. The number of imidazole rings is 1. The summed E-state index contributed by atoms with van der Waals surface area (Å²) in [6, 6.07) is 19.2. The van der Waals surface area contributed by atoms with Crippen LogP contribution in [0.1, 0.15) is 16.2 Å². The summed E-state index contributed by atoms with van der Waals surface area (Å²) >= 11 is 0. The van der Waals surface area contributed by atoms with E-state index in [-0.39, 0.29) is 24.1 Å². The fourth-order valence-electron chi connectivity index (χ4n) is 3.10. The van der Waals surface area contributed by atoms with E-state index in [0.29, 0.717) is 11.4 Å². The lowest BCUT2D eigenvalue weighted by molar-refractivity contribution is 0.0940. The zero-order valence-electron chi connectivity index (χ0n) is 15.2. The number of hydrogen-bond acceptors (Lipinski definition) is 3. The lowest BCUT2D eigenvalue weighted by Gasteiger charge is -2.05. The number of nitrogens with zero attached hydrogens (tertiary/aromatic N) is 2. The standard InChI is InChI=1S/C22H18FN3O2/c1-28-19-8-3-2-6-17(19)20-18-7-4-5-13-26(18)21(25-20)22(27)24-14-15-9-11-16(23)12-10-15/h2-13H,14H2,1H3,(H,24,27). The van der Waals surface area contributed by atoms with Crippen LogP contribution in [0.25, 0.3) is 16.8 Å². The van der Waals surface area contributed by atoms with Gasteiger partial charge in [0.1, 0.15) is 17.3 Å². The Morgan fingerprint density at radius 1 is 1.07 bits per heavy atom. The second-order valence-electron chi connectivity index (χ2n) is 6.25. The van der Waals surface area contributed by atoms with Gasteiger partial charge in [0, 0.05) is 18.3 Å². The molecule has 0 unspecified atom stereocenters. The zero-order valence-corrected chi connectivity index (χ0v) is 15.2. The fourth-order valence-corrected chi connectivity index (χ4v) is 3.10. The van der Waals surface area contributed by atoms with Gasteiger partial charge in [-0.3, -0.25) is 9.20 Å². The van der Waals surface area contributed by atoms with Gasteiger partial charge < -0.3 is 10.1 Å². The van der Waals surface area contributed by atoms with Gasteiger partial charge in [0.05, 0.1) is 12.6 Å². The van der Waals surface area contributed by atoms with E-state index < -0.39 is 0 Å². The third-order valence-electron chi connectivity index (χ3n) is 4.48. The van der Waals surface area contributed by atoms with Crippen molar-refractivity contribution in [1.82, 2.24) is 14.7 Å². The van der Waals surface area contributed by atoms with Crippen LogP contribution in [0.3, 0.4) is 0 Å². The van der Waals surface area contributed by atoms with E-state index in [2.05, 4.69) is 10.3 Å². The molecule has 0 spiro atoms. The Balaban J connectivity index is 1.69. The maximum atomic E-state index is 13.0. The molecule has 1 N–H and O–H groups in total. The molecule has 28 heavy (non-hydrogen) atoms. The van der Waals surface area contributed by atoms with Gasteiger partial charge in [-0.05, 0) is 42.0 Å². The normalized spacial score (nSPS) is 10.8. The molecule has 0 atom stereocenters. The number of methoxy groups -OCH3 is 1. The van der Waals surface area contributed by atoms with Gasteiger partial charge in [-0.25, -0.2) is 9.37 Å². The second-order valence-corrected chi connectivity index (χ2v) is 6.25. The average molecular weight is 375 g/mol. The van der Waals surface area contributed by atoms with Gasteiger partial charge in [0.25, 0.3) is 5.91 Å². The third-order valence-corrected chi connectivity index (χ3v) is 4.48. The molecule has 4 aromatic rings. The summed E-state index contributed by atoms with van der Waals surface area (Å²) in [5, 5.41) is 2.84. The summed E-state index contributed by atoms with van der Waals surface area (Å²) in [7, 11) is 1.60. The number of para-hydroxylation sites is 1. The highest BCUT2D eigenvalue weighted by atomic mass is 19.1. The van der Waals surface area contributed by atoms with Crippen LogP contribution >= 0.6 is 0 Å². The van der Waals surface area contributed by atoms with Gasteiger partial charge >= 0.3 is 0 Å². The highest BCUT2D eigenvalue weighted by molar-refractivity contribution is 5.95. The molecule has 2 aromatic heterocycles. The maximum absolute atomic E-state index is 13.0. The number of hydrogen-bond donors (Lipinski definition) is 1. The molecule has 2 heterocycles. The van der Waals surface area contributed by atoms with Crippen molar-refractivity contribution in [1.29, 1.82) is 0 Å². The van der Waals surface area contributed by atoms with Crippen LogP contribution < -0.4 is 10.1 Å². The maximum Gasteiger partial charge on any atom is 0.287 e. The Bertz CT molecular complexity index is 1140. The van der Waals surface area contributed by atoms with Gasteiger partial charge in [-0.2, -0.15) is 0 Å². The number of ether oxygens (including phenoxy) is 1. The number of aromatic nitrogens is 2. The molecule has 0 bridgehead atoms. The molecule has 0 saturated heterocycles. The van der Waals surface area contributed by atoms with Crippen molar-refractivity contribution in [3.8, 4) is 17.0 Å². The SMILES string of the molecule is COc1ccccc1-c1nc(C(=O)NCc2ccc(F)cc2)n2ccccc12. The molecule has 0 radical (unpaired) electrons. The monoisotopic (exact) mass is 375 g/mol. The Morgan fingerprint density at radius 3 is 2.61 bits per heavy atom. The lowest BCUT2D eigenvalue weighted by atomic mass is 10.1. The highest BCUT2D eigenvalue weighted by Crippen LogP contribution is 2.32. The van der Waals surface area contributed by atoms with Crippen LogP contribution in [0.15, 0.2) is 72.9 Å².